The first-order chi connectivity index (χ1) is 14.1. The molecule has 3 aromatic carbocycles. The highest BCUT2D eigenvalue weighted by atomic mass is 19.1. The summed E-state index contributed by atoms with van der Waals surface area (Å²) in [5, 5.41) is 10.8. The Labute approximate surface area is 170 Å². The van der Waals surface area contributed by atoms with Crippen LogP contribution in [0.3, 0.4) is 0 Å². The Bertz CT molecular complexity index is 1050. The zero-order valence-corrected chi connectivity index (χ0v) is 16.6. The lowest BCUT2D eigenvalue weighted by Crippen LogP contribution is -2.08. The first-order valence-electron chi connectivity index (χ1n) is 10.0. The summed E-state index contributed by atoms with van der Waals surface area (Å²) in [5.74, 6) is -1.19. The summed E-state index contributed by atoms with van der Waals surface area (Å²) in [6.45, 7) is 2.22. The van der Waals surface area contributed by atoms with Gasteiger partial charge in [-0.1, -0.05) is 56.9 Å². The molecule has 0 heterocycles. The van der Waals surface area contributed by atoms with Gasteiger partial charge in [-0.05, 0) is 53.4 Å². The summed E-state index contributed by atoms with van der Waals surface area (Å²) in [4.78, 5) is 12.4. The molecule has 0 amide bonds. The topological polar surface area (TPSA) is 50.1 Å². The second-order valence-electron chi connectivity index (χ2n) is 7.20. The number of aryl methyl sites for hydroxylation is 1. The minimum atomic E-state index is -0.710. The van der Waals surface area contributed by atoms with Crippen LogP contribution in [0.15, 0.2) is 54.6 Å². The molecule has 0 atom stereocenters. The van der Waals surface area contributed by atoms with Crippen molar-refractivity contribution >= 4 is 16.7 Å². The van der Waals surface area contributed by atoms with Gasteiger partial charge in [-0.25, -0.2) is 9.18 Å². The number of carbonyl (C=O) groups is 1. The van der Waals surface area contributed by atoms with Crippen molar-refractivity contribution < 1.29 is 13.9 Å². The molecular weight excluding hydrogens is 365 g/mol. The number of nitrogens with zero attached hydrogens (tertiary/aromatic N) is 1. The number of hydrogen-bond donors (Lipinski definition) is 0. The first-order valence-corrected chi connectivity index (χ1v) is 10.0. The molecule has 0 aromatic heterocycles. The molecule has 3 nitrogen and oxygen atoms in total. The summed E-state index contributed by atoms with van der Waals surface area (Å²) < 4.78 is 18.9. The van der Waals surface area contributed by atoms with Crippen LogP contribution in [0.2, 0.25) is 0 Å². The van der Waals surface area contributed by atoms with E-state index in [1.54, 1.807) is 18.2 Å². The molecule has 4 heteroatoms. The number of ether oxygens (including phenoxy) is 1. The second kappa shape index (κ2) is 9.84. The fraction of sp³-hybridized carbons (Fsp3) is 0.280. The highest BCUT2D eigenvalue weighted by Gasteiger charge is 2.11. The van der Waals surface area contributed by atoms with Crippen LogP contribution < -0.4 is 4.74 Å². The van der Waals surface area contributed by atoms with Gasteiger partial charge in [-0.15, -0.1) is 0 Å². The van der Waals surface area contributed by atoms with Crippen molar-refractivity contribution in [2.75, 3.05) is 0 Å². The third kappa shape index (κ3) is 5.42. The van der Waals surface area contributed by atoms with E-state index in [0.717, 1.165) is 23.3 Å². The average molecular weight is 389 g/mol. The number of carbonyl (C=O) groups excluding carboxylic acids is 1. The number of hydrogen-bond acceptors (Lipinski definition) is 3. The summed E-state index contributed by atoms with van der Waals surface area (Å²) >= 11 is 0. The molecular formula is C25H24FNO2. The van der Waals surface area contributed by atoms with Crippen molar-refractivity contribution in [3.63, 3.8) is 0 Å². The molecule has 0 saturated carbocycles. The third-order valence-corrected chi connectivity index (χ3v) is 4.98. The largest absolute Gasteiger partial charge is 0.423 e. The predicted octanol–water partition coefficient (Wildman–Crippen LogP) is 6.58. The van der Waals surface area contributed by atoms with E-state index in [2.05, 4.69) is 19.1 Å². The van der Waals surface area contributed by atoms with Gasteiger partial charge in [-0.2, -0.15) is 5.26 Å². The maximum Gasteiger partial charge on any atom is 0.343 e. The Balaban J connectivity index is 1.67. The van der Waals surface area contributed by atoms with E-state index < -0.39 is 11.8 Å². The highest BCUT2D eigenvalue weighted by molar-refractivity contribution is 5.96. The van der Waals surface area contributed by atoms with Crippen LogP contribution in [0.5, 0.6) is 5.75 Å². The summed E-state index contributed by atoms with van der Waals surface area (Å²) in [6, 6.07) is 17.2. The van der Waals surface area contributed by atoms with Crippen LogP contribution in [0, 0.1) is 17.1 Å². The van der Waals surface area contributed by atoms with Crippen molar-refractivity contribution in [1.82, 2.24) is 0 Å². The fourth-order valence-electron chi connectivity index (χ4n) is 3.33. The van der Waals surface area contributed by atoms with E-state index in [1.165, 1.54) is 49.8 Å². The molecule has 0 N–H and O–H groups in total. The van der Waals surface area contributed by atoms with E-state index in [0.29, 0.717) is 5.56 Å². The van der Waals surface area contributed by atoms with E-state index in [1.807, 2.05) is 12.1 Å². The number of unbranched alkanes of at least 4 members (excludes halogenated alkanes) is 4. The van der Waals surface area contributed by atoms with E-state index in [-0.39, 0.29) is 11.3 Å². The molecule has 0 saturated heterocycles. The lowest BCUT2D eigenvalue weighted by molar-refractivity contribution is 0.0734. The molecule has 0 unspecified atom stereocenters. The predicted molar refractivity (Wildman–Crippen MR) is 112 cm³/mol. The standard InChI is InChI=1S/C25H24FNO2/c1-2-3-4-5-6-7-18-8-9-20-15-21(11-10-19(20)14-18)25(28)29-23-13-12-22(17-27)24(26)16-23/h8-16H,2-7H2,1H3. The molecule has 0 aliphatic carbocycles. The van der Waals surface area contributed by atoms with Crippen molar-refractivity contribution in [2.45, 2.75) is 45.4 Å². The molecule has 3 rings (SSSR count). The number of fused-ring (bicyclic) bond motifs is 1. The zero-order valence-electron chi connectivity index (χ0n) is 16.6. The summed E-state index contributed by atoms with van der Waals surface area (Å²) in [6.07, 6.45) is 7.35. The maximum atomic E-state index is 13.7. The minimum Gasteiger partial charge on any atom is -0.423 e. The zero-order chi connectivity index (χ0) is 20.6. The molecule has 148 valence electrons. The van der Waals surface area contributed by atoms with Crippen LogP contribution in [0.4, 0.5) is 4.39 Å². The van der Waals surface area contributed by atoms with Crippen LogP contribution in [-0.4, -0.2) is 5.97 Å². The first kappa shape index (κ1) is 20.5. The van der Waals surface area contributed by atoms with Crippen LogP contribution in [0.1, 0.15) is 60.5 Å². The maximum absolute atomic E-state index is 13.7. The molecule has 0 fully saturated rings. The Hall–Kier alpha value is -3.19. The summed E-state index contributed by atoms with van der Waals surface area (Å²) in [5.41, 5.74) is 1.61. The van der Waals surface area contributed by atoms with Gasteiger partial charge in [0, 0.05) is 6.07 Å². The van der Waals surface area contributed by atoms with Gasteiger partial charge in [0.05, 0.1) is 11.1 Å². The highest BCUT2D eigenvalue weighted by Crippen LogP contribution is 2.22. The molecule has 3 aromatic rings. The van der Waals surface area contributed by atoms with E-state index in [9.17, 15) is 9.18 Å². The van der Waals surface area contributed by atoms with Crippen LogP contribution >= 0.6 is 0 Å². The van der Waals surface area contributed by atoms with Gasteiger partial charge in [0.15, 0.2) is 0 Å². The van der Waals surface area contributed by atoms with Crippen molar-refractivity contribution in [1.29, 1.82) is 5.26 Å². The lowest BCUT2D eigenvalue weighted by Gasteiger charge is -2.08. The number of esters is 1. The Kier molecular flexibility index (Phi) is 6.97. The Morgan fingerprint density at radius 3 is 2.48 bits per heavy atom. The quantitative estimate of drug-likeness (QED) is 0.248. The van der Waals surface area contributed by atoms with Crippen molar-refractivity contribution in [3.8, 4) is 11.8 Å². The van der Waals surface area contributed by atoms with Gasteiger partial charge in [0.25, 0.3) is 0 Å². The Morgan fingerprint density at radius 1 is 0.966 bits per heavy atom. The number of benzene rings is 3. The number of nitriles is 1. The SMILES string of the molecule is CCCCCCCc1ccc2cc(C(=O)Oc3ccc(C#N)c(F)c3)ccc2c1. The van der Waals surface area contributed by atoms with Gasteiger partial charge >= 0.3 is 5.97 Å². The second-order valence-corrected chi connectivity index (χ2v) is 7.20. The molecule has 0 radical (unpaired) electrons. The monoisotopic (exact) mass is 389 g/mol. The molecule has 0 aliphatic heterocycles. The number of rotatable bonds is 8. The Morgan fingerprint density at radius 2 is 1.72 bits per heavy atom. The summed E-state index contributed by atoms with van der Waals surface area (Å²) in [7, 11) is 0. The van der Waals surface area contributed by atoms with Crippen molar-refractivity contribution in [2.24, 2.45) is 0 Å². The van der Waals surface area contributed by atoms with Crippen LogP contribution in [0.25, 0.3) is 10.8 Å². The van der Waals surface area contributed by atoms with Gasteiger partial charge in [-0.3, -0.25) is 0 Å². The minimum absolute atomic E-state index is 0.0741. The normalized spacial score (nSPS) is 10.7. The van der Waals surface area contributed by atoms with Crippen LogP contribution in [-0.2, 0) is 6.42 Å². The third-order valence-electron chi connectivity index (χ3n) is 4.98. The molecule has 0 bridgehead atoms. The van der Waals surface area contributed by atoms with Gasteiger partial charge in [0.1, 0.15) is 17.6 Å². The molecule has 0 spiro atoms. The van der Waals surface area contributed by atoms with Gasteiger partial charge in [0.2, 0.25) is 0 Å². The molecule has 0 aliphatic rings. The fourth-order valence-corrected chi connectivity index (χ4v) is 3.33. The van der Waals surface area contributed by atoms with E-state index >= 15 is 0 Å². The van der Waals surface area contributed by atoms with E-state index in [4.69, 9.17) is 10.00 Å². The van der Waals surface area contributed by atoms with Gasteiger partial charge < -0.3 is 4.74 Å². The average Bonchev–Trinajstić information content (AvgIpc) is 2.73. The molecule has 29 heavy (non-hydrogen) atoms. The smallest absolute Gasteiger partial charge is 0.343 e. The number of halogens is 1. The lowest BCUT2D eigenvalue weighted by atomic mass is 10.0. The van der Waals surface area contributed by atoms with Crippen molar-refractivity contribution in [3.05, 3.63) is 77.1 Å².